The van der Waals surface area contributed by atoms with Crippen LogP contribution in [0.3, 0.4) is 0 Å². The van der Waals surface area contributed by atoms with Crippen LogP contribution in [-0.2, 0) is 4.74 Å². The van der Waals surface area contributed by atoms with Crippen molar-refractivity contribution in [1.29, 1.82) is 0 Å². The zero-order valence-electron chi connectivity index (χ0n) is 13.4. The van der Waals surface area contributed by atoms with Crippen LogP contribution in [0.1, 0.15) is 59.8 Å². The van der Waals surface area contributed by atoms with E-state index in [1.54, 1.807) is 0 Å². The van der Waals surface area contributed by atoms with Crippen molar-refractivity contribution in [1.82, 2.24) is 0 Å². The third-order valence-corrected chi connectivity index (χ3v) is 7.70. The van der Waals surface area contributed by atoms with Crippen molar-refractivity contribution in [2.45, 2.75) is 88.7 Å². The van der Waals surface area contributed by atoms with Crippen LogP contribution in [0.25, 0.3) is 0 Å². The molecule has 1 atom stereocenters. The third-order valence-electron chi connectivity index (χ3n) is 4.06. The molecule has 0 aromatic heterocycles. The first-order valence-electron chi connectivity index (χ1n) is 7.87. The number of hydrogen-bond donors (Lipinski definition) is 2. The maximum absolute atomic E-state index is 6.15. The van der Waals surface area contributed by atoms with Gasteiger partial charge in [0, 0.05) is 23.4 Å². The van der Waals surface area contributed by atoms with Gasteiger partial charge in [0.15, 0.2) is 0 Å². The fourth-order valence-corrected chi connectivity index (χ4v) is 7.15. The van der Waals surface area contributed by atoms with Crippen LogP contribution >= 0.6 is 0 Å². The number of rotatable bonds is 7. The predicted octanol–water partition coefficient (Wildman–Crippen LogP) is 2.58. The Morgan fingerprint density at radius 1 is 1.00 bits per heavy atom. The molecule has 1 saturated heterocycles. The lowest BCUT2D eigenvalue weighted by molar-refractivity contribution is 0.0617. The van der Waals surface area contributed by atoms with Crippen molar-refractivity contribution in [3.8, 4) is 0 Å². The first kappa shape index (κ1) is 17.1. The number of hydrogen-bond acceptors (Lipinski definition) is 3. The van der Waals surface area contributed by atoms with E-state index in [1.807, 2.05) is 0 Å². The van der Waals surface area contributed by atoms with Crippen molar-refractivity contribution >= 4 is 8.80 Å². The molecule has 4 heteroatoms. The second kappa shape index (κ2) is 7.20. The van der Waals surface area contributed by atoms with E-state index in [9.17, 15) is 0 Å². The summed E-state index contributed by atoms with van der Waals surface area (Å²) in [7, 11) is -0.897. The highest BCUT2D eigenvalue weighted by Gasteiger charge is 2.28. The molecule has 1 rings (SSSR count). The molecule has 0 amide bonds. The van der Waals surface area contributed by atoms with E-state index in [-0.39, 0.29) is 11.1 Å². The highest BCUT2D eigenvalue weighted by atomic mass is 28.3. The van der Waals surface area contributed by atoms with Crippen LogP contribution in [0, 0.1) is 0 Å². The van der Waals surface area contributed by atoms with E-state index in [4.69, 9.17) is 16.2 Å². The lowest BCUT2D eigenvalue weighted by Gasteiger charge is -2.33. The fourth-order valence-electron chi connectivity index (χ4n) is 2.77. The van der Waals surface area contributed by atoms with Gasteiger partial charge < -0.3 is 16.2 Å². The summed E-state index contributed by atoms with van der Waals surface area (Å²) in [5, 5.41) is 0. The van der Waals surface area contributed by atoms with E-state index in [0.29, 0.717) is 5.73 Å². The number of nitrogens with two attached hydrogens (primary N) is 2. The van der Waals surface area contributed by atoms with Crippen molar-refractivity contribution in [3.05, 3.63) is 0 Å². The first-order valence-corrected chi connectivity index (χ1v) is 10.2. The minimum absolute atomic E-state index is 0.0435. The molecular formula is C15H34N2OSi. The molecule has 114 valence electrons. The molecule has 0 spiro atoms. The molecule has 1 fully saturated rings. The van der Waals surface area contributed by atoms with Crippen molar-refractivity contribution in [2.24, 2.45) is 11.5 Å². The van der Waals surface area contributed by atoms with Gasteiger partial charge in [-0.3, -0.25) is 0 Å². The summed E-state index contributed by atoms with van der Waals surface area (Å²) in [5.74, 6) is 0. The van der Waals surface area contributed by atoms with Crippen molar-refractivity contribution in [2.75, 3.05) is 6.61 Å². The topological polar surface area (TPSA) is 61.3 Å². The maximum atomic E-state index is 6.15. The van der Waals surface area contributed by atoms with Crippen molar-refractivity contribution in [3.63, 3.8) is 0 Å². The van der Waals surface area contributed by atoms with Crippen LogP contribution in [0.4, 0.5) is 0 Å². The molecule has 1 aliphatic heterocycles. The highest BCUT2D eigenvalue weighted by molar-refractivity contribution is 6.60. The molecule has 0 aliphatic carbocycles. The molecule has 3 nitrogen and oxygen atoms in total. The Morgan fingerprint density at radius 2 is 1.53 bits per heavy atom. The van der Waals surface area contributed by atoms with Crippen LogP contribution in [0.2, 0.25) is 12.1 Å². The van der Waals surface area contributed by atoms with E-state index in [0.717, 1.165) is 19.4 Å². The van der Waals surface area contributed by atoms with E-state index in [1.165, 1.54) is 31.4 Å². The zero-order chi connectivity index (χ0) is 14.5. The van der Waals surface area contributed by atoms with Gasteiger partial charge in [-0.05, 0) is 59.8 Å². The third kappa shape index (κ3) is 8.08. The summed E-state index contributed by atoms with van der Waals surface area (Å²) >= 11 is 0. The standard InChI is InChI=1S/C15H34N2OSi/c1-14(2,16)8-11-19(12-9-15(3,4)17)13-7-5-6-10-18-13/h13,19H,5-12,16-17H2,1-4H3. The molecule has 1 unspecified atom stereocenters. The van der Waals surface area contributed by atoms with Gasteiger partial charge in [-0.1, -0.05) is 12.1 Å². The summed E-state index contributed by atoms with van der Waals surface area (Å²) in [6, 6.07) is 2.59. The Hall–Kier alpha value is 0.0969. The molecular weight excluding hydrogens is 252 g/mol. The van der Waals surface area contributed by atoms with E-state index in [2.05, 4.69) is 27.7 Å². The molecule has 0 bridgehead atoms. The molecule has 1 aliphatic rings. The Kier molecular flexibility index (Phi) is 6.50. The average molecular weight is 287 g/mol. The number of ether oxygens (including phenoxy) is 1. The molecule has 19 heavy (non-hydrogen) atoms. The van der Waals surface area contributed by atoms with Crippen LogP contribution in [0.15, 0.2) is 0 Å². The van der Waals surface area contributed by atoms with Gasteiger partial charge in [-0.15, -0.1) is 0 Å². The maximum Gasteiger partial charge on any atom is 0.0718 e. The van der Waals surface area contributed by atoms with Crippen LogP contribution < -0.4 is 11.5 Å². The molecule has 0 saturated carbocycles. The molecule has 0 radical (unpaired) electrons. The summed E-state index contributed by atoms with van der Waals surface area (Å²) in [4.78, 5) is 0. The van der Waals surface area contributed by atoms with Gasteiger partial charge in [0.2, 0.25) is 0 Å². The summed E-state index contributed by atoms with van der Waals surface area (Å²) in [6.07, 6.45) is 6.09. The second-order valence-corrected chi connectivity index (χ2v) is 11.1. The minimum Gasteiger partial charge on any atom is -0.382 e. The average Bonchev–Trinajstić information content (AvgIpc) is 2.27. The summed E-state index contributed by atoms with van der Waals surface area (Å²) in [6.45, 7) is 9.49. The van der Waals surface area contributed by atoms with Crippen LogP contribution in [0.5, 0.6) is 0 Å². The Labute approximate surface area is 121 Å². The zero-order valence-corrected chi connectivity index (χ0v) is 14.5. The molecule has 4 N–H and O–H groups in total. The largest absolute Gasteiger partial charge is 0.382 e. The Bertz CT molecular complexity index is 234. The molecule has 1 heterocycles. The summed E-state index contributed by atoms with van der Waals surface area (Å²) in [5.41, 5.74) is 12.8. The second-order valence-electron chi connectivity index (χ2n) is 7.72. The lowest BCUT2D eigenvalue weighted by atomic mass is 10.0. The quantitative estimate of drug-likeness (QED) is 0.707. The smallest absolute Gasteiger partial charge is 0.0718 e. The lowest BCUT2D eigenvalue weighted by Crippen LogP contribution is -2.41. The predicted molar refractivity (Wildman–Crippen MR) is 86.1 cm³/mol. The Morgan fingerprint density at radius 3 is 1.89 bits per heavy atom. The van der Waals surface area contributed by atoms with Gasteiger partial charge in [0.1, 0.15) is 0 Å². The molecule has 0 aromatic carbocycles. The summed E-state index contributed by atoms with van der Waals surface area (Å²) < 4.78 is 6.05. The van der Waals surface area contributed by atoms with Gasteiger partial charge in [0.25, 0.3) is 0 Å². The van der Waals surface area contributed by atoms with Crippen molar-refractivity contribution < 1.29 is 4.74 Å². The van der Waals surface area contributed by atoms with Gasteiger partial charge in [-0.25, -0.2) is 0 Å². The van der Waals surface area contributed by atoms with Gasteiger partial charge in [0.05, 0.1) is 8.80 Å². The molecule has 0 aromatic rings. The fraction of sp³-hybridized carbons (Fsp3) is 1.00. The Balaban J connectivity index is 2.51. The minimum atomic E-state index is -0.897. The van der Waals surface area contributed by atoms with E-state index >= 15 is 0 Å². The van der Waals surface area contributed by atoms with Crippen LogP contribution in [-0.4, -0.2) is 32.2 Å². The van der Waals surface area contributed by atoms with E-state index < -0.39 is 8.80 Å². The van der Waals surface area contributed by atoms with Gasteiger partial charge in [-0.2, -0.15) is 0 Å². The first-order chi connectivity index (χ1) is 8.67. The SMILES string of the molecule is CC(C)(N)CC[SiH](CCC(C)(C)N)C1CCCCO1. The van der Waals surface area contributed by atoms with Gasteiger partial charge >= 0.3 is 0 Å². The normalized spacial score (nSPS) is 21.9. The monoisotopic (exact) mass is 286 g/mol. The highest BCUT2D eigenvalue weighted by Crippen LogP contribution is 2.25.